The predicted octanol–water partition coefficient (Wildman–Crippen LogP) is 3.75. The summed E-state index contributed by atoms with van der Waals surface area (Å²) in [5.74, 6) is 0.549. The lowest BCUT2D eigenvalue weighted by Crippen LogP contribution is -2.41. The summed E-state index contributed by atoms with van der Waals surface area (Å²) in [6, 6.07) is 4.11. The van der Waals surface area contributed by atoms with E-state index in [0.717, 1.165) is 29.9 Å². The first-order valence-corrected chi connectivity index (χ1v) is 9.61. The van der Waals surface area contributed by atoms with Crippen LogP contribution in [0, 0.1) is 6.92 Å². The van der Waals surface area contributed by atoms with Crippen molar-refractivity contribution in [3.63, 3.8) is 0 Å². The second-order valence-electron chi connectivity index (χ2n) is 5.37. The molecule has 6 heteroatoms. The average Bonchev–Trinajstić information content (AvgIpc) is 2.92. The van der Waals surface area contributed by atoms with E-state index in [9.17, 15) is 9.59 Å². The van der Waals surface area contributed by atoms with E-state index in [4.69, 9.17) is 4.74 Å². The van der Waals surface area contributed by atoms with Crippen molar-refractivity contribution < 1.29 is 14.3 Å². The van der Waals surface area contributed by atoms with Gasteiger partial charge in [-0.05, 0) is 25.5 Å². The first-order chi connectivity index (χ1) is 10.6. The van der Waals surface area contributed by atoms with Gasteiger partial charge in [-0.2, -0.15) is 0 Å². The van der Waals surface area contributed by atoms with Gasteiger partial charge in [0, 0.05) is 21.9 Å². The third kappa shape index (κ3) is 4.74. The zero-order chi connectivity index (χ0) is 15.9. The molecule has 0 radical (unpaired) electrons. The van der Waals surface area contributed by atoms with Gasteiger partial charge in [0.1, 0.15) is 11.9 Å². The largest absolute Gasteiger partial charge is 0.464 e. The topological polar surface area (TPSA) is 46.6 Å². The van der Waals surface area contributed by atoms with Gasteiger partial charge in [-0.15, -0.1) is 23.1 Å². The number of hydrogen-bond acceptors (Lipinski definition) is 5. The number of thioether (sulfide) groups is 1. The maximum Gasteiger partial charge on any atom is 0.325 e. The predicted molar refractivity (Wildman–Crippen MR) is 91.1 cm³/mol. The SMILES string of the molecule is CCCCCOC(=O)CN1C(=O)CCSC1c1ccc(C)s1. The summed E-state index contributed by atoms with van der Waals surface area (Å²) in [6.45, 7) is 4.67. The van der Waals surface area contributed by atoms with E-state index in [2.05, 4.69) is 26.0 Å². The highest BCUT2D eigenvalue weighted by Crippen LogP contribution is 2.40. The Morgan fingerprint density at radius 2 is 2.23 bits per heavy atom. The second kappa shape index (κ2) is 8.58. The molecule has 2 rings (SSSR count). The van der Waals surface area contributed by atoms with Gasteiger partial charge >= 0.3 is 5.97 Å². The number of nitrogens with zero attached hydrogens (tertiary/aromatic N) is 1. The van der Waals surface area contributed by atoms with Crippen LogP contribution in [0.4, 0.5) is 0 Å². The van der Waals surface area contributed by atoms with E-state index in [1.54, 1.807) is 28.0 Å². The van der Waals surface area contributed by atoms with Gasteiger partial charge in [-0.25, -0.2) is 0 Å². The summed E-state index contributed by atoms with van der Waals surface area (Å²) < 4.78 is 5.25. The molecule has 1 amide bonds. The molecule has 0 spiro atoms. The van der Waals surface area contributed by atoms with Crippen molar-refractivity contribution in [2.75, 3.05) is 18.9 Å². The molecule has 1 aromatic rings. The van der Waals surface area contributed by atoms with Crippen LogP contribution < -0.4 is 0 Å². The molecule has 0 aromatic carbocycles. The molecule has 22 heavy (non-hydrogen) atoms. The zero-order valence-electron chi connectivity index (χ0n) is 13.2. The number of esters is 1. The summed E-state index contributed by atoms with van der Waals surface area (Å²) in [5.41, 5.74) is 0. The Bertz CT molecular complexity index is 515. The van der Waals surface area contributed by atoms with Crippen molar-refractivity contribution in [2.24, 2.45) is 0 Å². The molecule has 0 bridgehead atoms. The van der Waals surface area contributed by atoms with E-state index in [1.807, 2.05) is 0 Å². The third-order valence-corrected chi connectivity index (χ3v) is 5.98. The number of aryl methyl sites for hydroxylation is 1. The van der Waals surface area contributed by atoms with Crippen molar-refractivity contribution in [3.05, 3.63) is 21.9 Å². The Hall–Kier alpha value is -1.01. The first-order valence-electron chi connectivity index (χ1n) is 7.75. The van der Waals surface area contributed by atoms with Gasteiger partial charge < -0.3 is 9.64 Å². The normalized spacial score (nSPS) is 18.5. The third-order valence-electron chi connectivity index (χ3n) is 3.51. The molecule has 0 N–H and O–H groups in total. The summed E-state index contributed by atoms with van der Waals surface area (Å²) in [4.78, 5) is 28.2. The van der Waals surface area contributed by atoms with Crippen molar-refractivity contribution in [1.29, 1.82) is 0 Å². The van der Waals surface area contributed by atoms with Gasteiger partial charge in [0.15, 0.2) is 0 Å². The van der Waals surface area contributed by atoms with Crippen molar-refractivity contribution in [3.8, 4) is 0 Å². The maximum atomic E-state index is 12.2. The molecule has 1 aromatic heterocycles. The summed E-state index contributed by atoms with van der Waals surface area (Å²) in [6.07, 6.45) is 3.54. The summed E-state index contributed by atoms with van der Waals surface area (Å²) >= 11 is 3.41. The number of ether oxygens (including phenoxy) is 1. The lowest BCUT2D eigenvalue weighted by Gasteiger charge is -2.33. The molecule has 0 saturated carbocycles. The minimum absolute atomic E-state index is 0.0420. The Morgan fingerprint density at radius 1 is 1.41 bits per heavy atom. The lowest BCUT2D eigenvalue weighted by atomic mass is 10.3. The molecule has 1 unspecified atom stereocenters. The van der Waals surface area contributed by atoms with Crippen LogP contribution in [0.2, 0.25) is 0 Å². The number of carbonyl (C=O) groups is 2. The molecule has 1 atom stereocenters. The molecule has 1 fully saturated rings. The van der Waals surface area contributed by atoms with Crippen LogP contribution in [-0.2, 0) is 14.3 Å². The first kappa shape index (κ1) is 17.3. The Labute approximate surface area is 140 Å². The molecule has 2 heterocycles. The minimum Gasteiger partial charge on any atom is -0.464 e. The summed E-state index contributed by atoms with van der Waals surface area (Å²) in [5, 5.41) is -0.0526. The van der Waals surface area contributed by atoms with Crippen molar-refractivity contribution >= 4 is 35.0 Å². The molecule has 122 valence electrons. The Morgan fingerprint density at radius 3 is 2.91 bits per heavy atom. The molecule has 1 aliphatic rings. The quantitative estimate of drug-likeness (QED) is 0.560. The van der Waals surface area contributed by atoms with Crippen LogP contribution in [0.5, 0.6) is 0 Å². The van der Waals surface area contributed by atoms with Gasteiger partial charge in [-0.1, -0.05) is 19.8 Å². The molecule has 1 aliphatic heterocycles. The fourth-order valence-corrected chi connectivity index (χ4v) is 4.69. The van der Waals surface area contributed by atoms with Crippen molar-refractivity contribution in [1.82, 2.24) is 4.90 Å². The van der Waals surface area contributed by atoms with Gasteiger partial charge in [-0.3, -0.25) is 9.59 Å². The van der Waals surface area contributed by atoms with Crippen LogP contribution in [0.25, 0.3) is 0 Å². The van der Waals surface area contributed by atoms with Crippen LogP contribution in [-0.4, -0.2) is 35.7 Å². The average molecular weight is 341 g/mol. The highest BCUT2D eigenvalue weighted by Gasteiger charge is 2.32. The second-order valence-corrected chi connectivity index (χ2v) is 7.88. The van der Waals surface area contributed by atoms with E-state index >= 15 is 0 Å². The fourth-order valence-electron chi connectivity index (χ4n) is 2.34. The fraction of sp³-hybridized carbons (Fsp3) is 0.625. The number of unbranched alkanes of at least 4 members (excludes halogenated alkanes) is 2. The number of rotatable bonds is 7. The lowest BCUT2D eigenvalue weighted by molar-refractivity contribution is -0.150. The number of amides is 1. The maximum absolute atomic E-state index is 12.2. The van der Waals surface area contributed by atoms with Gasteiger partial charge in [0.05, 0.1) is 6.61 Å². The number of carbonyl (C=O) groups excluding carboxylic acids is 2. The van der Waals surface area contributed by atoms with Crippen LogP contribution in [0.3, 0.4) is 0 Å². The van der Waals surface area contributed by atoms with E-state index < -0.39 is 0 Å². The van der Waals surface area contributed by atoms with E-state index in [0.29, 0.717) is 13.0 Å². The molecular formula is C16H23NO3S2. The smallest absolute Gasteiger partial charge is 0.325 e. The monoisotopic (exact) mass is 341 g/mol. The van der Waals surface area contributed by atoms with Crippen LogP contribution in [0.1, 0.15) is 47.7 Å². The van der Waals surface area contributed by atoms with Crippen molar-refractivity contribution in [2.45, 2.75) is 44.9 Å². The van der Waals surface area contributed by atoms with Crippen LogP contribution in [0.15, 0.2) is 12.1 Å². The molecule has 1 saturated heterocycles. The minimum atomic E-state index is -0.301. The highest BCUT2D eigenvalue weighted by atomic mass is 32.2. The Kier molecular flexibility index (Phi) is 6.76. The summed E-state index contributed by atoms with van der Waals surface area (Å²) in [7, 11) is 0. The van der Waals surface area contributed by atoms with E-state index in [1.165, 1.54) is 4.88 Å². The van der Waals surface area contributed by atoms with Gasteiger partial charge in [0.2, 0.25) is 5.91 Å². The van der Waals surface area contributed by atoms with Gasteiger partial charge in [0.25, 0.3) is 0 Å². The number of hydrogen-bond donors (Lipinski definition) is 0. The highest BCUT2D eigenvalue weighted by molar-refractivity contribution is 7.99. The Balaban J connectivity index is 1.95. The molecular weight excluding hydrogens is 318 g/mol. The zero-order valence-corrected chi connectivity index (χ0v) is 14.8. The molecule has 4 nitrogen and oxygen atoms in total. The standard InChI is InChI=1S/C16H23NO3S2/c1-3-4-5-9-20-15(19)11-17-14(18)8-10-21-16(17)13-7-6-12(2)22-13/h6-7,16H,3-5,8-11H2,1-2H3. The number of thiophene rings is 1. The van der Waals surface area contributed by atoms with E-state index in [-0.39, 0.29) is 23.8 Å². The molecule has 0 aliphatic carbocycles. The van der Waals surface area contributed by atoms with Crippen LogP contribution >= 0.6 is 23.1 Å².